The van der Waals surface area contributed by atoms with Gasteiger partial charge in [0.1, 0.15) is 13.4 Å². The zero-order chi connectivity index (χ0) is 36.0. The Kier molecular flexibility index (Phi) is 14.6. The molecule has 270 valence electrons. The average molecular weight is 700 g/mol. The lowest BCUT2D eigenvalue weighted by Gasteiger charge is -2.43. The summed E-state index contributed by atoms with van der Waals surface area (Å²) in [5.41, 5.74) is 0.220. The molecule has 0 N–H and O–H groups in total. The van der Waals surface area contributed by atoms with E-state index in [4.69, 9.17) is 18.6 Å². The second kappa shape index (κ2) is 18.6. The molecule has 0 saturated heterocycles. The third-order valence-corrected chi connectivity index (χ3v) is 15.1. The second-order valence-corrected chi connectivity index (χ2v) is 19.1. The van der Waals surface area contributed by atoms with Crippen LogP contribution in [0.2, 0.25) is 5.04 Å². The number of methoxy groups -OCH3 is 1. The topological polar surface area (TPSA) is 74.3 Å². The Labute approximate surface area is 301 Å². The molecule has 3 aromatic carbocycles. The Bertz CT molecular complexity index is 1450. The minimum atomic E-state index is -2.72. The zero-order valence-electron chi connectivity index (χ0n) is 30.9. The SMILES string of the molecule is COCOCCC[C@@]1(C)C(=O)/C=C\[C@H](C)CN(C(=O)OCc2ccccc2)C[C@H]1CCCO[Si](c1ccccc1)(c1ccccc1)C(C)(C)C. The first-order valence-corrected chi connectivity index (χ1v) is 19.9. The zero-order valence-corrected chi connectivity index (χ0v) is 31.9. The van der Waals surface area contributed by atoms with Crippen LogP contribution in [0.5, 0.6) is 0 Å². The Morgan fingerprint density at radius 1 is 0.880 bits per heavy atom. The maximum absolute atomic E-state index is 14.1. The summed E-state index contributed by atoms with van der Waals surface area (Å²) in [5, 5.41) is 2.34. The first kappa shape index (κ1) is 39.2. The molecule has 0 spiro atoms. The molecular formula is C42H57NO6Si. The largest absolute Gasteiger partial charge is 0.445 e. The molecule has 0 bridgehead atoms. The summed E-state index contributed by atoms with van der Waals surface area (Å²) in [7, 11) is -1.12. The van der Waals surface area contributed by atoms with Crippen molar-refractivity contribution in [2.75, 3.05) is 40.2 Å². The fraction of sp³-hybridized carbons (Fsp3) is 0.476. The Balaban J connectivity index is 1.61. The standard InChI is InChI=1S/C42H57NO6Si/c1-34-25-26-39(44)42(5,27-17-28-47-33-46-6)36(31-43(30-34)40(45)48-32-35-18-10-7-11-19-35)20-16-29-49-50(41(2,3)4,37-21-12-8-13-22-37)38-23-14-9-15-24-38/h7-15,18-19,21-26,34,36H,16-17,20,27-33H2,1-6H3/b26-25-/t34-,36+,42+/m0/s1. The molecule has 4 rings (SSSR count). The number of nitrogens with zero attached hydrogens (tertiary/aromatic N) is 1. The van der Waals surface area contributed by atoms with Gasteiger partial charge >= 0.3 is 6.09 Å². The van der Waals surface area contributed by atoms with Crippen molar-refractivity contribution in [3.8, 4) is 0 Å². The summed E-state index contributed by atoms with van der Waals surface area (Å²) >= 11 is 0. The quantitative estimate of drug-likeness (QED) is 0.0917. The molecule has 0 radical (unpaired) electrons. The first-order valence-electron chi connectivity index (χ1n) is 18.0. The molecule has 1 aliphatic rings. The molecule has 0 aliphatic carbocycles. The summed E-state index contributed by atoms with van der Waals surface area (Å²) in [6.07, 6.45) is 6.10. The van der Waals surface area contributed by atoms with Crippen LogP contribution in [0.3, 0.4) is 0 Å². The van der Waals surface area contributed by atoms with E-state index in [0.29, 0.717) is 45.6 Å². The molecule has 3 atom stereocenters. The van der Waals surface area contributed by atoms with E-state index < -0.39 is 13.7 Å². The highest BCUT2D eigenvalue weighted by Gasteiger charge is 2.50. The average Bonchev–Trinajstić information content (AvgIpc) is 3.16. The van der Waals surface area contributed by atoms with Gasteiger partial charge in [-0.2, -0.15) is 0 Å². The fourth-order valence-corrected chi connectivity index (χ4v) is 11.9. The number of allylic oxidation sites excluding steroid dienone is 1. The van der Waals surface area contributed by atoms with E-state index in [0.717, 1.165) is 12.0 Å². The van der Waals surface area contributed by atoms with Crippen LogP contribution in [0, 0.1) is 17.3 Å². The summed E-state index contributed by atoms with van der Waals surface area (Å²) in [6.45, 7) is 13.3. The van der Waals surface area contributed by atoms with Gasteiger partial charge < -0.3 is 23.5 Å². The van der Waals surface area contributed by atoms with E-state index in [1.165, 1.54) is 10.4 Å². The van der Waals surface area contributed by atoms with Crippen molar-refractivity contribution < 1.29 is 28.2 Å². The Morgan fingerprint density at radius 3 is 2.06 bits per heavy atom. The number of benzene rings is 3. The number of carbonyl (C=O) groups is 2. The number of hydrogen-bond acceptors (Lipinski definition) is 6. The lowest BCUT2D eigenvalue weighted by atomic mass is 9.68. The van der Waals surface area contributed by atoms with Crippen LogP contribution in [0.15, 0.2) is 103 Å². The van der Waals surface area contributed by atoms with E-state index in [-0.39, 0.29) is 42.2 Å². The lowest BCUT2D eigenvalue weighted by Crippen LogP contribution is -2.66. The minimum absolute atomic E-state index is 0.00487. The summed E-state index contributed by atoms with van der Waals surface area (Å²) in [6, 6.07) is 31.0. The number of rotatable bonds is 15. The number of carbonyl (C=O) groups excluding carboxylic acids is 2. The number of ketones is 1. The predicted molar refractivity (Wildman–Crippen MR) is 203 cm³/mol. The molecular weight excluding hydrogens is 643 g/mol. The van der Waals surface area contributed by atoms with E-state index in [9.17, 15) is 9.59 Å². The number of hydrogen-bond donors (Lipinski definition) is 0. The van der Waals surface area contributed by atoms with Crippen LogP contribution in [-0.2, 0) is 30.0 Å². The van der Waals surface area contributed by atoms with Gasteiger partial charge in [0, 0.05) is 38.8 Å². The van der Waals surface area contributed by atoms with Crippen molar-refractivity contribution in [1.82, 2.24) is 4.90 Å². The highest BCUT2D eigenvalue weighted by atomic mass is 28.4. The van der Waals surface area contributed by atoms with E-state index in [2.05, 4.69) is 88.4 Å². The third kappa shape index (κ3) is 10.0. The summed E-state index contributed by atoms with van der Waals surface area (Å²) < 4.78 is 23.8. The molecule has 7 nitrogen and oxygen atoms in total. The molecule has 1 aliphatic heterocycles. The van der Waals surface area contributed by atoms with E-state index in [1.807, 2.05) is 48.2 Å². The van der Waals surface area contributed by atoms with Gasteiger partial charge in [0.15, 0.2) is 5.78 Å². The van der Waals surface area contributed by atoms with Gasteiger partial charge in [-0.1, -0.05) is 132 Å². The van der Waals surface area contributed by atoms with E-state index >= 15 is 0 Å². The number of ether oxygens (including phenoxy) is 3. The van der Waals surface area contributed by atoms with Gasteiger partial charge in [-0.05, 0) is 64.6 Å². The molecule has 8 heteroatoms. The molecule has 1 amide bonds. The molecule has 3 aromatic rings. The van der Waals surface area contributed by atoms with Crippen molar-refractivity contribution in [2.45, 2.75) is 71.9 Å². The first-order chi connectivity index (χ1) is 24.0. The van der Waals surface area contributed by atoms with Gasteiger partial charge in [0.05, 0.1) is 0 Å². The van der Waals surface area contributed by atoms with Crippen molar-refractivity contribution in [3.05, 3.63) is 109 Å². The van der Waals surface area contributed by atoms with Crippen LogP contribution >= 0.6 is 0 Å². The molecule has 0 aromatic heterocycles. The summed E-state index contributed by atoms with van der Waals surface area (Å²) in [5.74, 6) is -0.0392. The van der Waals surface area contributed by atoms with Gasteiger partial charge in [-0.15, -0.1) is 0 Å². The second-order valence-electron chi connectivity index (χ2n) is 14.8. The number of amides is 1. The molecule has 1 heterocycles. The van der Waals surface area contributed by atoms with Gasteiger partial charge in [-0.3, -0.25) is 4.79 Å². The van der Waals surface area contributed by atoms with Crippen LogP contribution in [-0.4, -0.2) is 65.3 Å². The van der Waals surface area contributed by atoms with Crippen LogP contribution in [0.1, 0.15) is 65.9 Å². The van der Waals surface area contributed by atoms with Crippen molar-refractivity contribution in [3.63, 3.8) is 0 Å². The minimum Gasteiger partial charge on any atom is -0.445 e. The highest BCUT2D eigenvalue weighted by Crippen LogP contribution is 2.40. The molecule has 50 heavy (non-hydrogen) atoms. The van der Waals surface area contributed by atoms with E-state index in [1.54, 1.807) is 13.2 Å². The van der Waals surface area contributed by atoms with Crippen molar-refractivity contribution >= 4 is 30.6 Å². The monoisotopic (exact) mass is 699 g/mol. The maximum atomic E-state index is 14.1. The van der Waals surface area contributed by atoms with Gasteiger partial charge in [0.25, 0.3) is 8.32 Å². The van der Waals surface area contributed by atoms with Crippen LogP contribution in [0.4, 0.5) is 4.79 Å². The van der Waals surface area contributed by atoms with Crippen LogP contribution < -0.4 is 10.4 Å². The van der Waals surface area contributed by atoms with Crippen molar-refractivity contribution in [2.24, 2.45) is 17.3 Å². The third-order valence-electron chi connectivity index (χ3n) is 10.1. The van der Waals surface area contributed by atoms with Gasteiger partial charge in [-0.25, -0.2) is 4.79 Å². The summed E-state index contributed by atoms with van der Waals surface area (Å²) in [4.78, 5) is 29.6. The Hall–Kier alpha value is -3.56. The van der Waals surface area contributed by atoms with Crippen molar-refractivity contribution in [1.29, 1.82) is 0 Å². The maximum Gasteiger partial charge on any atom is 0.410 e. The Morgan fingerprint density at radius 2 is 1.48 bits per heavy atom. The molecule has 0 saturated carbocycles. The highest BCUT2D eigenvalue weighted by molar-refractivity contribution is 6.99. The molecule has 0 unspecified atom stereocenters. The predicted octanol–water partition coefficient (Wildman–Crippen LogP) is 7.78. The normalized spacial score (nSPS) is 20.8. The van der Waals surface area contributed by atoms with Crippen LogP contribution in [0.25, 0.3) is 0 Å². The molecule has 0 fully saturated rings. The van der Waals surface area contributed by atoms with Gasteiger partial charge in [0.2, 0.25) is 0 Å². The lowest BCUT2D eigenvalue weighted by molar-refractivity contribution is -0.127. The smallest absolute Gasteiger partial charge is 0.410 e. The fourth-order valence-electron chi connectivity index (χ4n) is 7.29.